The van der Waals surface area contributed by atoms with Gasteiger partial charge in [-0.15, -0.1) is 0 Å². The van der Waals surface area contributed by atoms with Crippen molar-refractivity contribution in [2.75, 3.05) is 19.0 Å². The molecule has 160 valence electrons. The SMILES string of the molecule is CCCCCC(=O)Nc1ncnn2c(CCC(COC(=O)C(C)C)OC)ccc12. The number of rotatable bonds is 12. The fourth-order valence-corrected chi connectivity index (χ4v) is 2.92. The van der Waals surface area contributed by atoms with Gasteiger partial charge < -0.3 is 14.8 Å². The Kier molecular flexibility index (Phi) is 9.05. The molecule has 1 unspecified atom stereocenters. The van der Waals surface area contributed by atoms with Gasteiger partial charge in [-0.05, 0) is 31.4 Å². The molecule has 2 aromatic heterocycles. The van der Waals surface area contributed by atoms with Crippen LogP contribution in [0, 0.1) is 5.92 Å². The maximum Gasteiger partial charge on any atom is 0.308 e. The lowest BCUT2D eigenvalue weighted by atomic mass is 10.1. The molecule has 0 saturated heterocycles. The van der Waals surface area contributed by atoms with E-state index in [0.29, 0.717) is 25.1 Å². The predicted octanol–water partition coefficient (Wildman–Crippen LogP) is 3.39. The second kappa shape index (κ2) is 11.5. The van der Waals surface area contributed by atoms with Crippen LogP contribution in [0.3, 0.4) is 0 Å². The number of hydrogen-bond acceptors (Lipinski definition) is 6. The summed E-state index contributed by atoms with van der Waals surface area (Å²) < 4.78 is 12.5. The van der Waals surface area contributed by atoms with Crippen LogP contribution in [0.4, 0.5) is 5.82 Å². The summed E-state index contributed by atoms with van der Waals surface area (Å²) in [5.74, 6) is 0.0942. The molecule has 29 heavy (non-hydrogen) atoms. The smallest absolute Gasteiger partial charge is 0.308 e. The quantitative estimate of drug-likeness (QED) is 0.430. The first-order chi connectivity index (χ1) is 14.0. The molecule has 8 heteroatoms. The summed E-state index contributed by atoms with van der Waals surface area (Å²) in [5, 5.41) is 7.20. The molecule has 0 aromatic carbocycles. The van der Waals surface area contributed by atoms with Crippen molar-refractivity contribution >= 4 is 23.2 Å². The lowest BCUT2D eigenvalue weighted by Crippen LogP contribution is -2.23. The van der Waals surface area contributed by atoms with E-state index in [1.54, 1.807) is 25.5 Å². The van der Waals surface area contributed by atoms with Crippen molar-refractivity contribution in [1.82, 2.24) is 14.6 Å². The number of methoxy groups -OCH3 is 1. The molecule has 2 rings (SSSR count). The number of unbranched alkanes of at least 4 members (excludes halogenated alkanes) is 2. The van der Waals surface area contributed by atoms with Gasteiger partial charge in [0.1, 0.15) is 18.5 Å². The molecule has 8 nitrogen and oxygen atoms in total. The van der Waals surface area contributed by atoms with Crippen molar-refractivity contribution in [2.24, 2.45) is 5.92 Å². The number of aromatic nitrogens is 3. The zero-order chi connectivity index (χ0) is 21.2. The number of anilines is 1. The van der Waals surface area contributed by atoms with Crippen LogP contribution < -0.4 is 5.32 Å². The van der Waals surface area contributed by atoms with Gasteiger partial charge >= 0.3 is 5.97 Å². The fraction of sp³-hybridized carbons (Fsp3) is 0.619. The molecule has 1 amide bonds. The van der Waals surface area contributed by atoms with Crippen molar-refractivity contribution in [1.29, 1.82) is 0 Å². The number of nitrogens with zero attached hydrogens (tertiary/aromatic N) is 3. The number of aryl methyl sites for hydroxylation is 1. The van der Waals surface area contributed by atoms with Crippen LogP contribution in [0.2, 0.25) is 0 Å². The Hall–Kier alpha value is -2.48. The molecular weight excluding hydrogens is 372 g/mol. The highest BCUT2D eigenvalue weighted by Crippen LogP contribution is 2.18. The molecule has 0 fully saturated rings. The molecule has 0 radical (unpaired) electrons. The first-order valence-corrected chi connectivity index (χ1v) is 10.3. The van der Waals surface area contributed by atoms with Crippen LogP contribution in [-0.2, 0) is 25.5 Å². The van der Waals surface area contributed by atoms with Gasteiger partial charge in [-0.3, -0.25) is 9.59 Å². The molecule has 1 atom stereocenters. The number of carbonyl (C=O) groups excluding carboxylic acids is 2. The van der Waals surface area contributed by atoms with Crippen molar-refractivity contribution in [2.45, 2.75) is 65.4 Å². The third-order valence-electron chi connectivity index (χ3n) is 4.73. The maximum absolute atomic E-state index is 12.1. The van der Waals surface area contributed by atoms with Crippen LogP contribution in [0.5, 0.6) is 0 Å². The molecular formula is C21H32N4O4. The van der Waals surface area contributed by atoms with E-state index in [4.69, 9.17) is 9.47 Å². The largest absolute Gasteiger partial charge is 0.463 e. The number of hydrogen-bond donors (Lipinski definition) is 1. The summed E-state index contributed by atoms with van der Waals surface area (Å²) in [6, 6.07) is 3.86. The van der Waals surface area contributed by atoms with E-state index < -0.39 is 0 Å². The van der Waals surface area contributed by atoms with E-state index in [9.17, 15) is 9.59 Å². The van der Waals surface area contributed by atoms with E-state index in [0.717, 1.165) is 30.5 Å². The van der Waals surface area contributed by atoms with E-state index >= 15 is 0 Å². The van der Waals surface area contributed by atoms with E-state index in [-0.39, 0.29) is 30.5 Å². The topological polar surface area (TPSA) is 94.8 Å². The van der Waals surface area contributed by atoms with E-state index in [2.05, 4.69) is 22.3 Å². The number of esters is 1. The Bertz CT molecular complexity index is 803. The molecule has 0 bridgehead atoms. The predicted molar refractivity (Wildman–Crippen MR) is 111 cm³/mol. The van der Waals surface area contributed by atoms with Crippen LogP contribution in [0.1, 0.15) is 58.6 Å². The molecule has 1 N–H and O–H groups in total. The Morgan fingerprint density at radius 3 is 2.72 bits per heavy atom. The summed E-state index contributed by atoms with van der Waals surface area (Å²) >= 11 is 0. The average Bonchev–Trinajstić information content (AvgIpc) is 3.12. The standard InChI is InChI=1S/C21H32N4O4/c1-5-6-7-8-19(26)24-20-18-12-10-16(25(18)23-14-22-20)9-11-17(28-4)13-29-21(27)15(2)3/h10,12,14-15,17H,5-9,11,13H2,1-4H3,(H,22,23,24,26). The minimum Gasteiger partial charge on any atom is -0.463 e. The Labute approximate surface area is 172 Å². The zero-order valence-electron chi connectivity index (χ0n) is 17.8. The third kappa shape index (κ3) is 6.81. The lowest BCUT2D eigenvalue weighted by molar-refractivity contribution is -0.151. The second-order valence-electron chi connectivity index (χ2n) is 7.42. The Morgan fingerprint density at radius 1 is 1.24 bits per heavy atom. The minimum atomic E-state index is -0.229. The van der Waals surface area contributed by atoms with Crippen LogP contribution >= 0.6 is 0 Å². The number of ether oxygens (including phenoxy) is 2. The highest BCUT2D eigenvalue weighted by atomic mass is 16.6. The number of fused-ring (bicyclic) bond motifs is 1. The van der Waals surface area contributed by atoms with Crippen molar-refractivity contribution in [3.8, 4) is 0 Å². The van der Waals surface area contributed by atoms with Crippen LogP contribution in [0.15, 0.2) is 18.5 Å². The van der Waals surface area contributed by atoms with E-state index in [1.807, 2.05) is 12.1 Å². The molecule has 0 spiro atoms. The number of nitrogens with one attached hydrogen (secondary N) is 1. The van der Waals surface area contributed by atoms with Gasteiger partial charge in [0.2, 0.25) is 5.91 Å². The normalized spacial score (nSPS) is 12.3. The van der Waals surface area contributed by atoms with E-state index in [1.165, 1.54) is 6.33 Å². The summed E-state index contributed by atoms with van der Waals surface area (Å²) in [4.78, 5) is 28.0. The summed E-state index contributed by atoms with van der Waals surface area (Å²) in [7, 11) is 1.61. The Morgan fingerprint density at radius 2 is 2.03 bits per heavy atom. The highest BCUT2D eigenvalue weighted by molar-refractivity contribution is 5.93. The number of carbonyl (C=O) groups is 2. The zero-order valence-corrected chi connectivity index (χ0v) is 17.8. The molecule has 2 heterocycles. The Balaban J connectivity index is 1.98. The van der Waals surface area contributed by atoms with Gasteiger partial charge in [0.25, 0.3) is 0 Å². The van der Waals surface area contributed by atoms with Gasteiger partial charge in [0.05, 0.1) is 12.0 Å². The minimum absolute atomic E-state index is 0.0341. The van der Waals surface area contributed by atoms with Gasteiger partial charge in [0.15, 0.2) is 5.82 Å². The molecule has 0 aliphatic rings. The lowest BCUT2D eigenvalue weighted by Gasteiger charge is -2.16. The summed E-state index contributed by atoms with van der Waals surface area (Å²) in [6.45, 7) is 5.94. The average molecular weight is 405 g/mol. The summed E-state index contributed by atoms with van der Waals surface area (Å²) in [6.07, 6.45) is 6.09. The van der Waals surface area contributed by atoms with Crippen LogP contribution in [0.25, 0.3) is 5.52 Å². The summed E-state index contributed by atoms with van der Waals surface area (Å²) in [5.41, 5.74) is 1.73. The third-order valence-corrected chi connectivity index (χ3v) is 4.73. The van der Waals surface area contributed by atoms with Gasteiger partial charge in [-0.25, -0.2) is 9.50 Å². The van der Waals surface area contributed by atoms with Crippen molar-refractivity contribution in [3.63, 3.8) is 0 Å². The number of amides is 1. The second-order valence-corrected chi connectivity index (χ2v) is 7.42. The molecule has 0 aliphatic carbocycles. The van der Waals surface area contributed by atoms with Crippen molar-refractivity contribution < 1.29 is 19.1 Å². The first-order valence-electron chi connectivity index (χ1n) is 10.3. The monoisotopic (exact) mass is 404 g/mol. The van der Waals surface area contributed by atoms with Gasteiger partial charge in [-0.1, -0.05) is 33.6 Å². The molecule has 0 aliphatic heterocycles. The first kappa shape index (κ1) is 22.8. The van der Waals surface area contributed by atoms with Gasteiger partial charge in [0, 0.05) is 19.2 Å². The highest BCUT2D eigenvalue weighted by Gasteiger charge is 2.16. The molecule has 0 saturated carbocycles. The maximum atomic E-state index is 12.1. The van der Waals surface area contributed by atoms with Crippen molar-refractivity contribution in [3.05, 3.63) is 24.2 Å². The fourth-order valence-electron chi connectivity index (χ4n) is 2.92. The molecule has 2 aromatic rings. The van der Waals surface area contributed by atoms with Gasteiger partial charge in [-0.2, -0.15) is 5.10 Å². The van der Waals surface area contributed by atoms with Crippen LogP contribution in [-0.4, -0.2) is 46.3 Å².